The second kappa shape index (κ2) is 8.97. The number of halogens is 1. The molecule has 0 saturated heterocycles. The van der Waals surface area contributed by atoms with Gasteiger partial charge in [0, 0.05) is 35.4 Å². The van der Waals surface area contributed by atoms with Crippen molar-refractivity contribution < 1.29 is 9.18 Å². The van der Waals surface area contributed by atoms with E-state index in [4.69, 9.17) is 4.98 Å². The molecule has 0 aliphatic carbocycles. The molecule has 2 aromatic heterocycles. The summed E-state index contributed by atoms with van der Waals surface area (Å²) in [5, 5.41) is 5.94. The molecule has 0 aliphatic heterocycles. The number of benzene rings is 2. The van der Waals surface area contributed by atoms with Crippen LogP contribution in [0.4, 0.5) is 10.1 Å². The van der Waals surface area contributed by atoms with Crippen LogP contribution in [0.25, 0.3) is 11.3 Å². The van der Waals surface area contributed by atoms with Gasteiger partial charge in [0.2, 0.25) is 5.91 Å². The molecule has 150 valence electrons. The fraction of sp³-hybridized carbons (Fsp3) is 0.125. The SMILES string of the molecule is Cc1ccc(NC(=O)Cc2cccc(F)c2)cc1Cc1nc(-c2cccnc2)cs1. The molecule has 6 heteroatoms. The second-order valence-corrected chi connectivity index (χ2v) is 7.98. The van der Waals surface area contributed by atoms with Gasteiger partial charge in [0.25, 0.3) is 0 Å². The van der Waals surface area contributed by atoms with Gasteiger partial charge in [-0.2, -0.15) is 0 Å². The molecule has 1 amide bonds. The van der Waals surface area contributed by atoms with Crippen LogP contribution in [0.3, 0.4) is 0 Å². The third-order valence-electron chi connectivity index (χ3n) is 4.74. The van der Waals surface area contributed by atoms with Gasteiger partial charge in [-0.15, -0.1) is 11.3 Å². The summed E-state index contributed by atoms with van der Waals surface area (Å²) >= 11 is 1.61. The summed E-state index contributed by atoms with van der Waals surface area (Å²) in [4.78, 5) is 21.2. The predicted octanol–water partition coefficient (Wildman–Crippen LogP) is 5.42. The average molecular weight is 418 g/mol. The van der Waals surface area contributed by atoms with Gasteiger partial charge >= 0.3 is 0 Å². The lowest BCUT2D eigenvalue weighted by atomic mass is 10.0. The van der Waals surface area contributed by atoms with Crippen LogP contribution in [0, 0.1) is 12.7 Å². The Labute approximate surface area is 178 Å². The topological polar surface area (TPSA) is 54.9 Å². The molecule has 4 aromatic rings. The van der Waals surface area contributed by atoms with Crippen molar-refractivity contribution in [1.29, 1.82) is 0 Å². The van der Waals surface area contributed by atoms with Crippen molar-refractivity contribution in [3.63, 3.8) is 0 Å². The van der Waals surface area contributed by atoms with Gasteiger partial charge in [-0.3, -0.25) is 9.78 Å². The first-order valence-electron chi connectivity index (χ1n) is 9.55. The van der Waals surface area contributed by atoms with E-state index in [1.807, 2.05) is 42.6 Å². The largest absolute Gasteiger partial charge is 0.326 e. The van der Waals surface area contributed by atoms with Gasteiger partial charge in [-0.1, -0.05) is 18.2 Å². The fourth-order valence-electron chi connectivity index (χ4n) is 3.18. The Bertz CT molecular complexity index is 1170. The van der Waals surface area contributed by atoms with Crippen LogP contribution in [0.1, 0.15) is 21.7 Å². The van der Waals surface area contributed by atoms with Gasteiger partial charge in [-0.25, -0.2) is 9.37 Å². The summed E-state index contributed by atoms with van der Waals surface area (Å²) in [7, 11) is 0. The highest BCUT2D eigenvalue weighted by atomic mass is 32.1. The van der Waals surface area contributed by atoms with E-state index in [0.717, 1.165) is 33.1 Å². The molecule has 0 bridgehead atoms. The highest BCUT2D eigenvalue weighted by Gasteiger charge is 2.10. The monoisotopic (exact) mass is 417 g/mol. The van der Waals surface area contributed by atoms with Crippen LogP contribution in [0.5, 0.6) is 0 Å². The lowest BCUT2D eigenvalue weighted by Crippen LogP contribution is -2.14. The van der Waals surface area contributed by atoms with Crippen molar-refractivity contribution in [3.8, 4) is 11.3 Å². The average Bonchev–Trinajstić information content (AvgIpc) is 3.20. The quantitative estimate of drug-likeness (QED) is 0.455. The molecule has 2 aromatic carbocycles. The molecule has 0 spiro atoms. The highest BCUT2D eigenvalue weighted by molar-refractivity contribution is 7.10. The maximum Gasteiger partial charge on any atom is 0.228 e. The number of carbonyl (C=O) groups is 1. The van der Waals surface area contributed by atoms with Crippen molar-refractivity contribution in [1.82, 2.24) is 9.97 Å². The Balaban J connectivity index is 1.46. The maximum atomic E-state index is 13.3. The molecule has 0 atom stereocenters. The fourth-order valence-corrected chi connectivity index (χ4v) is 4.01. The summed E-state index contributed by atoms with van der Waals surface area (Å²) in [6, 6.07) is 15.8. The molecule has 0 fully saturated rings. The number of nitrogens with zero attached hydrogens (tertiary/aromatic N) is 2. The number of nitrogens with one attached hydrogen (secondary N) is 1. The van der Waals surface area contributed by atoms with E-state index in [0.29, 0.717) is 12.0 Å². The van der Waals surface area contributed by atoms with Gasteiger partial charge < -0.3 is 5.32 Å². The van der Waals surface area contributed by atoms with E-state index in [9.17, 15) is 9.18 Å². The number of hydrogen-bond acceptors (Lipinski definition) is 4. The zero-order valence-corrected chi connectivity index (χ0v) is 17.2. The summed E-state index contributed by atoms with van der Waals surface area (Å²) < 4.78 is 13.3. The number of anilines is 1. The minimum absolute atomic E-state index is 0.127. The van der Waals surface area contributed by atoms with E-state index in [-0.39, 0.29) is 18.1 Å². The van der Waals surface area contributed by atoms with E-state index >= 15 is 0 Å². The number of amides is 1. The van der Waals surface area contributed by atoms with Crippen LogP contribution in [0.15, 0.2) is 72.4 Å². The highest BCUT2D eigenvalue weighted by Crippen LogP contribution is 2.25. The van der Waals surface area contributed by atoms with Crippen molar-refractivity contribution in [2.24, 2.45) is 0 Å². The van der Waals surface area contributed by atoms with E-state index in [2.05, 4.69) is 10.3 Å². The third-order valence-corrected chi connectivity index (χ3v) is 5.59. The zero-order chi connectivity index (χ0) is 20.9. The van der Waals surface area contributed by atoms with Gasteiger partial charge in [-0.05, 0) is 60.0 Å². The maximum absolute atomic E-state index is 13.3. The normalized spacial score (nSPS) is 10.7. The first-order valence-corrected chi connectivity index (χ1v) is 10.4. The lowest BCUT2D eigenvalue weighted by Gasteiger charge is -2.10. The number of carbonyl (C=O) groups excluding carboxylic acids is 1. The van der Waals surface area contributed by atoms with Gasteiger partial charge in [0.15, 0.2) is 0 Å². The summed E-state index contributed by atoms with van der Waals surface area (Å²) in [6.07, 6.45) is 4.36. The first-order chi connectivity index (χ1) is 14.6. The summed E-state index contributed by atoms with van der Waals surface area (Å²) in [5.74, 6) is -0.518. The Morgan fingerprint density at radius 1 is 1.13 bits per heavy atom. The van der Waals surface area contributed by atoms with Gasteiger partial charge in [0.05, 0.1) is 17.1 Å². The Morgan fingerprint density at radius 3 is 2.83 bits per heavy atom. The van der Waals surface area contributed by atoms with Crippen LogP contribution in [-0.2, 0) is 17.6 Å². The Morgan fingerprint density at radius 2 is 2.03 bits per heavy atom. The lowest BCUT2D eigenvalue weighted by molar-refractivity contribution is -0.115. The van der Waals surface area contributed by atoms with Crippen molar-refractivity contribution >= 4 is 22.9 Å². The van der Waals surface area contributed by atoms with Crippen molar-refractivity contribution in [2.75, 3.05) is 5.32 Å². The van der Waals surface area contributed by atoms with Crippen molar-refractivity contribution in [2.45, 2.75) is 19.8 Å². The summed E-state index contributed by atoms with van der Waals surface area (Å²) in [6.45, 7) is 2.04. The molecule has 0 unspecified atom stereocenters. The molecule has 0 saturated carbocycles. The van der Waals surface area contributed by atoms with E-state index < -0.39 is 0 Å². The molecule has 0 radical (unpaired) electrons. The number of rotatable bonds is 6. The first kappa shape index (κ1) is 19.9. The van der Waals surface area contributed by atoms with E-state index in [1.165, 1.54) is 12.1 Å². The number of pyridine rings is 1. The second-order valence-electron chi connectivity index (χ2n) is 7.04. The standard InChI is InChI=1S/C24H20FN3OS/c1-16-7-8-21(27-23(29)11-17-4-2-6-20(25)10-17)12-19(16)13-24-28-22(15-30-24)18-5-3-9-26-14-18/h2-10,12,14-15H,11,13H2,1H3,(H,27,29). The molecule has 2 heterocycles. The minimum Gasteiger partial charge on any atom is -0.326 e. The molecule has 1 N–H and O–H groups in total. The van der Waals surface area contributed by atoms with Crippen molar-refractivity contribution in [3.05, 3.63) is 99.9 Å². The molecule has 0 aliphatic rings. The smallest absolute Gasteiger partial charge is 0.228 e. The summed E-state index contributed by atoms with van der Waals surface area (Å²) in [5.41, 5.74) is 5.52. The third kappa shape index (κ3) is 4.96. The number of aryl methyl sites for hydroxylation is 1. The molecular weight excluding hydrogens is 397 g/mol. The van der Waals surface area contributed by atoms with Gasteiger partial charge in [0.1, 0.15) is 5.82 Å². The van der Waals surface area contributed by atoms with Crippen LogP contribution >= 0.6 is 11.3 Å². The van der Waals surface area contributed by atoms with Crippen LogP contribution < -0.4 is 5.32 Å². The van der Waals surface area contributed by atoms with Crippen LogP contribution in [0.2, 0.25) is 0 Å². The number of thiazole rings is 1. The molecule has 4 nitrogen and oxygen atoms in total. The Kier molecular flexibility index (Phi) is 5.95. The number of hydrogen-bond donors (Lipinski definition) is 1. The number of aromatic nitrogens is 2. The molecule has 30 heavy (non-hydrogen) atoms. The Hall–Kier alpha value is -3.38. The minimum atomic E-state index is -0.341. The molecule has 4 rings (SSSR count). The predicted molar refractivity (Wildman–Crippen MR) is 118 cm³/mol. The molecular formula is C24H20FN3OS. The van der Waals surface area contributed by atoms with Crippen LogP contribution in [-0.4, -0.2) is 15.9 Å². The van der Waals surface area contributed by atoms with E-state index in [1.54, 1.807) is 35.9 Å². The zero-order valence-electron chi connectivity index (χ0n) is 16.4.